The van der Waals surface area contributed by atoms with Crippen LogP contribution in [0.1, 0.15) is 25.3 Å². The number of halogens is 2. The molecular formula is C14H18Cl2N2O3. The topological polar surface area (TPSA) is 69.6 Å². The highest BCUT2D eigenvalue weighted by Gasteiger charge is 2.12. The highest BCUT2D eigenvalue weighted by atomic mass is 35.5. The fraction of sp³-hybridized carbons (Fsp3) is 0.429. The molecule has 2 N–H and O–H groups in total. The number of amides is 2. The van der Waals surface area contributed by atoms with Gasteiger partial charge >= 0.3 is 12.0 Å². The van der Waals surface area contributed by atoms with Gasteiger partial charge in [-0.05, 0) is 31.0 Å². The zero-order valence-electron chi connectivity index (χ0n) is 11.7. The monoisotopic (exact) mass is 332 g/mol. The van der Waals surface area contributed by atoms with Gasteiger partial charge in [0.2, 0.25) is 0 Å². The number of carboxylic acids is 1. The van der Waals surface area contributed by atoms with Crippen LogP contribution in [0.25, 0.3) is 0 Å². The molecule has 0 saturated heterocycles. The Morgan fingerprint density at radius 1 is 1.29 bits per heavy atom. The van der Waals surface area contributed by atoms with Crippen molar-refractivity contribution in [1.29, 1.82) is 0 Å². The first kappa shape index (κ1) is 17.6. The number of urea groups is 1. The van der Waals surface area contributed by atoms with Gasteiger partial charge in [-0.15, -0.1) is 0 Å². The smallest absolute Gasteiger partial charge is 0.317 e. The molecule has 0 aliphatic heterocycles. The van der Waals surface area contributed by atoms with Gasteiger partial charge in [0.1, 0.15) is 0 Å². The summed E-state index contributed by atoms with van der Waals surface area (Å²) in [4.78, 5) is 24.0. The molecule has 0 aliphatic rings. The maximum absolute atomic E-state index is 12.0. The molecule has 2 amide bonds. The van der Waals surface area contributed by atoms with Gasteiger partial charge < -0.3 is 15.3 Å². The van der Waals surface area contributed by atoms with Crippen LogP contribution in [-0.4, -0.2) is 35.1 Å². The first-order chi connectivity index (χ1) is 9.93. The van der Waals surface area contributed by atoms with Crippen LogP contribution < -0.4 is 5.32 Å². The van der Waals surface area contributed by atoms with Crippen molar-refractivity contribution in [3.63, 3.8) is 0 Å². The Labute approximate surface area is 133 Å². The SMILES string of the molecule is CCN(Cc1ccc(Cl)c(Cl)c1)C(=O)NCCCC(=O)O. The van der Waals surface area contributed by atoms with E-state index in [-0.39, 0.29) is 12.5 Å². The number of nitrogens with one attached hydrogen (secondary N) is 1. The number of hydrogen-bond donors (Lipinski definition) is 2. The summed E-state index contributed by atoms with van der Waals surface area (Å²) >= 11 is 11.8. The van der Waals surface area contributed by atoms with Crippen LogP contribution in [0, 0.1) is 0 Å². The Bertz CT molecular complexity index is 509. The number of hydrogen-bond acceptors (Lipinski definition) is 2. The van der Waals surface area contributed by atoms with E-state index >= 15 is 0 Å². The van der Waals surface area contributed by atoms with Crippen molar-refractivity contribution in [3.05, 3.63) is 33.8 Å². The lowest BCUT2D eigenvalue weighted by molar-refractivity contribution is -0.137. The lowest BCUT2D eigenvalue weighted by Crippen LogP contribution is -2.39. The highest BCUT2D eigenvalue weighted by molar-refractivity contribution is 6.42. The summed E-state index contributed by atoms with van der Waals surface area (Å²) in [7, 11) is 0. The van der Waals surface area contributed by atoms with Gasteiger partial charge in [0.25, 0.3) is 0 Å². The number of benzene rings is 1. The van der Waals surface area contributed by atoms with E-state index in [0.717, 1.165) is 5.56 Å². The fourth-order valence-corrected chi connectivity index (χ4v) is 2.05. The van der Waals surface area contributed by atoms with E-state index in [1.54, 1.807) is 17.0 Å². The number of aliphatic carboxylic acids is 1. The van der Waals surface area contributed by atoms with E-state index in [0.29, 0.717) is 36.1 Å². The molecule has 5 nitrogen and oxygen atoms in total. The minimum atomic E-state index is -0.868. The van der Waals surface area contributed by atoms with Gasteiger partial charge in [0.15, 0.2) is 0 Å². The lowest BCUT2D eigenvalue weighted by Gasteiger charge is -2.21. The molecular weight excluding hydrogens is 315 g/mol. The maximum Gasteiger partial charge on any atom is 0.317 e. The van der Waals surface area contributed by atoms with Gasteiger partial charge in [0, 0.05) is 26.1 Å². The molecule has 7 heteroatoms. The number of carbonyl (C=O) groups excluding carboxylic acids is 1. The standard InChI is InChI=1S/C14H18Cl2N2O3/c1-2-18(14(21)17-7-3-4-13(19)20)9-10-5-6-11(15)12(16)8-10/h5-6,8H,2-4,7,9H2,1H3,(H,17,21)(H,19,20). The average molecular weight is 333 g/mol. The number of nitrogens with zero attached hydrogens (tertiary/aromatic N) is 1. The van der Waals surface area contributed by atoms with Crippen LogP contribution >= 0.6 is 23.2 Å². The third-order valence-corrected chi connectivity index (χ3v) is 3.61. The molecule has 0 atom stereocenters. The molecule has 1 aromatic rings. The Morgan fingerprint density at radius 3 is 2.57 bits per heavy atom. The Hall–Kier alpha value is -1.46. The van der Waals surface area contributed by atoms with E-state index < -0.39 is 5.97 Å². The molecule has 0 aromatic heterocycles. The van der Waals surface area contributed by atoms with Gasteiger partial charge in [-0.1, -0.05) is 29.3 Å². The van der Waals surface area contributed by atoms with Crippen LogP contribution in [0.4, 0.5) is 4.79 Å². The summed E-state index contributed by atoms with van der Waals surface area (Å²) in [6.07, 6.45) is 0.449. The van der Waals surface area contributed by atoms with E-state index in [9.17, 15) is 9.59 Å². The number of rotatable bonds is 7. The van der Waals surface area contributed by atoms with E-state index in [2.05, 4.69) is 5.32 Å². The van der Waals surface area contributed by atoms with Crippen LogP contribution in [0.15, 0.2) is 18.2 Å². The second-order valence-corrected chi connectivity index (χ2v) is 5.31. The average Bonchev–Trinajstić information content (AvgIpc) is 2.44. The van der Waals surface area contributed by atoms with Crippen LogP contribution in [0.5, 0.6) is 0 Å². The summed E-state index contributed by atoms with van der Waals surface area (Å²) in [5, 5.41) is 12.2. The van der Waals surface area contributed by atoms with Gasteiger partial charge in [0.05, 0.1) is 10.0 Å². The Morgan fingerprint density at radius 2 is 2.00 bits per heavy atom. The predicted molar refractivity (Wildman–Crippen MR) is 82.8 cm³/mol. The molecule has 1 aromatic carbocycles. The van der Waals surface area contributed by atoms with Crippen molar-refractivity contribution < 1.29 is 14.7 Å². The second kappa shape index (κ2) is 8.74. The maximum atomic E-state index is 12.0. The summed E-state index contributed by atoms with van der Waals surface area (Å²) in [6, 6.07) is 5.00. The molecule has 0 bridgehead atoms. The van der Waals surface area contributed by atoms with E-state index in [1.807, 2.05) is 13.0 Å². The molecule has 21 heavy (non-hydrogen) atoms. The highest BCUT2D eigenvalue weighted by Crippen LogP contribution is 2.23. The van der Waals surface area contributed by atoms with Crippen LogP contribution in [0.2, 0.25) is 10.0 Å². The minimum absolute atomic E-state index is 0.0409. The van der Waals surface area contributed by atoms with Crippen LogP contribution in [0.3, 0.4) is 0 Å². The van der Waals surface area contributed by atoms with Gasteiger partial charge in [-0.25, -0.2) is 4.79 Å². The molecule has 0 radical (unpaired) electrons. The number of carbonyl (C=O) groups is 2. The first-order valence-corrected chi connectivity index (χ1v) is 7.38. The van der Waals surface area contributed by atoms with Crippen molar-refractivity contribution in [3.8, 4) is 0 Å². The van der Waals surface area contributed by atoms with Crippen molar-refractivity contribution in [2.24, 2.45) is 0 Å². The Kier molecular flexibility index (Phi) is 7.32. The normalized spacial score (nSPS) is 10.2. The third-order valence-electron chi connectivity index (χ3n) is 2.87. The first-order valence-electron chi connectivity index (χ1n) is 6.62. The third kappa shape index (κ3) is 6.23. The quantitative estimate of drug-likeness (QED) is 0.752. The zero-order valence-corrected chi connectivity index (χ0v) is 13.2. The second-order valence-electron chi connectivity index (χ2n) is 4.49. The minimum Gasteiger partial charge on any atom is -0.481 e. The molecule has 0 spiro atoms. The van der Waals surface area contributed by atoms with Crippen molar-refractivity contribution in [1.82, 2.24) is 10.2 Å². The zero-order chi connectivity index (χ0) is 15.8. The van der Waals surface area contributed by atoms with Crippen molar-refractivity contribution in [2.75, 3.05) is 13.1 Å². The fourth-order valence-electron chi connectivity index (χ4n) is 1.73. The Balaban J connectivity index is 2.51. The molecule has 0 unspecified atom stereocenters. The molecule has 0 saturated carbocycles. The summed E-state index contributed by atoms with van der Waals surface area (Å²) in [5.41, 5.74) is 0.881. The molecule has 0 heterocycles. The molecule has 1 rings (SSSR count). The molecule has 0 aliphatic carbocycles. The largest absolute Gasteiger partial charge is 0.481 e. The number of carboxylic acid groups (broad SMARTS) is 1. The summed E-state index contributed by atoms with van der Waals surface area (Å²) in [5.74, 6) is -0.868. The van der Waals surface area contributed by atoms with E-state index in [4.69, 9.17) is 28.3 Å². The summed E-state index contributed by atoms with van der Waals surface area (Å²) < 4.78 is 0. The lowest BCUT2D eigenvalue weighted by atomic mass is 10.2. The van der Waals surface area contributed by atoms with Crippen molar-refractivity contribution in [2.45, 2.75) is 26.3 Å². The predicted octanol–water partition coefficient (Wildman–Crippen LogP) is 3.39. The van der Waals surface area contributed by atoms with Gasteiger partial charge in [-0.3, -0.25) is 4.79 Å². The molecule has 116 valence electrons. The van der Waals surface area contributed by atoms with E-state index in [1.165, 1.54) is 0 Å². The molecule has 0 fully saturated rings. The van der Waals surface area contributed by atoms with Gasteiger partial charge in [-0.2, -0.15) is 0 Å². The summed E-state index contributed by atoms with van der Waals surface area (Å²) in [6.45, 7) is 3.15. The van der Waals surface area contributed by atoms with Crippen molar-refractivity contribution >= 4 is 35.2 Å². The van der Waals surface area contributed by atoms with Crippen LogP contribution in [-0.2, 0) is 11.3 Å².